The fourth-order valence-electron chi connectivity index (χ4n) is 2.68. The molecule has 6 heteroatoms. The lowest BCUT2D eigenvalue weighted by atomic mass is 10.1. The Bertz CT molecular complexity index is 610. The first-order valence-corrected chi connectivity index (χ1v) is 7.76. The van der Waals surface area contributed by atoms with Gasteiger partial charge in [0.05, 0.1) is 6.54 Å². The molecule has 0 atom stereocenters. The van der Waals surface area contributed by atoms with Gasteiger partial charge in [-0.1, -0.05) is 18.5 Å². The Morgan fingerprint density at radius 3 is 3.10 bits per heavy atom. The fourth-order valence-corrected chi connectivity index (χ4v) is 2.87. The zero-order valence-electron chi connectivity index (χ0n) is 12.2. The van der Waals surface area contributed by atoms with E-state index in [0.717, 1.165) is 50.0 Å². The van der Waals surface area contributed by atoms with Crippen molar-refractivity contribution in [2.75, 3.05) is 18.0 Å². The minimum absolute atomic E-state index is 0.784. The number of hydrogen-bond donors (Lipinski definition) is 1. The molecule has 2 heterocycles. The molecule has 0 saturated carbocycles. The van der Waals surface area contributed by atoms with Gasteiger partial charge in [0.25, 0.3) is 0 Å². The number of halogens is 1. The molecule has 3 rings (SSSR count). The van der Waals surface area contributed by atoms with Crippen molar-refractivity contribution in [3.63, 3.8) is 0 Å². The highest BCUT2D eigenvalue weighted by Crippen LogP contribution is 2.27. The highest BCUT2D eigenvalue weighted by Gasteiger charge is 2.19. The maximum atomic E-state index is 6.16. The van der Waals surface area contributed by atoms with Crippen LogP contribution >= 0.6 is 11.6 Å². The third-order valence-electron chi connectivity index (χ3n) is 3.76. The predicted octanol–water partition coefficient (Wildman–Crippen LogP) is 2.45. The van der Waals surface area contributed by atoms with Crippen molar-refractivity contribution in [1.82, 2.24) is 20.1 Å². The van der Waals surface area contributed by atoms with Crippen molar-refractivity contribution in [2.24, 2.45) is 0 Å². The van der Waals surface area contributed by atoms with E-state index >= 15 is 0 Å². The molecule has 0 fully saturated rings. The largest absolute Gasteiger partial charge is 0.362 e. The maximum absolute atomic E-state index is 6.16. The van der Waals surface area contributed by atoms with Crippen LogP contribution in [-0.4, -0.2) is 27.9 Å². The summed E-state index contributed by atoms with van der Waals surface area (Å²) in [6.07, 6.45) is 2.93. The van der Waals surface area contributed by atoms with E-state index in [0.29, 0.717) is 0 Å². The van der Waals surface area contributed by atoms with Crippen LogP contribution in [0.5, 0.6) is 0 Å². The molecule has 1 aliphatic heterocycles. The minimum Gasteiger partial charge on any atom is -0.362 e. The molecule has 0 aliphatic carbocycles. The van der Waals surface area contributed by atoms with Gasteiger partial charge >= 0.3 is 0 Å². The quantitative estimate of drug-likeness (QED) is 0.862. The summed E-state index contributed by atoms with van der Waals surface area (Å²) in [5.41, 5.74) is 2.47. The van der Waals surface area contributed by atoms with Gasteiger partial charge in [-0.05, 0) is 36.7 Å². The van der Waals surface area contributed by atoms with E-state index in [4.69, 9.17) is 11.6 Å². The lowest BCUT2D eigenvalue weighted by molar-refractivity contribution is 0.557. The van der Waals surface area contributed by atoms with Gasteiger partial charge in [-0.2, -0.15) is 0 Å². The average molecular weight is 306 g/mol. The number of nitrogens with one attached hydrogen (secondary N) is 1. The molecule has 21 heavy (non-hydrogen) atoms. The lowest BCUT2D eigenvalue weighted by Crippen LogP contribution is -2.34. The highest BCUT2D eigenvalue weighted by atomic mass is 35.5. The van der Waals surface area contributed by atoms with Gasteiger partial charge in [0.15, 0.2) is 5.82 Å². The van der Waals surface area contributed by atoms with Crippen LogP contribution in [0.1, 0.15) is 24.7 Å². The second kappa shape index (κ2) is 6.45. The average Bonchev–Trinajstić information content (AvgIpc) is 2.95. The van der Waals surface area contributed by atoms with Gasteiger partial charge < -0.3 is 14.8 Å². The van der Waals surface area contributed by atoms with Crippen molar-refractivity contribution in [1.29, 1.82) is 0 Å². The molecule has 1 aliphatic rings. The van der Waals surface area contributed by atoms with E-state index < -0.39 is 0 Å². The number of nitrogens with zero attached hydrogens (tertiary/aromatic N) is 4. The Hall–Kier alpha value is -1.59. The summed E-state index contributed by atoms with van der Waals surface area (Å²) in [5, 5.41) is 12.4. The van der Waals surface area contributed by atoms with Crippen LogP contribution in [0.25, 0.3) is 0 Å². The molecule has 0 bridgehead atoms. The normalized spacial score (nSPS) is 14.3. The third-order valence-corrected chi connectivity index (χ3v) is 4.00. The minimum atomic E-state index is 0.784. The Balaban J connectivity index is 1.81. The number of aromatic nitrogens is 3. The zero-order chi connectivity index (χ0) is 14.7. The van der Waals surface area contributed by atoms with Gasteiger partial charge in [0.2, 0.25) is 0 Å². The first-order valence-electron chi connectivity index (χ1n) is 7.38. The third kappa shape index (κ3) is 3.19. The topological polar surface area (TPSA) is 46.0 Å². The summed E-state index contributed by atoms with van der Waals surface area (Å²) in [4.78, 5) is 2.35. The number of fused-ring (bicyclic) bond motifs is 1. The van der Waals surface area contributed by atoms with Crippen LogP contribution in [0, 0.1) is 0 Å². The van der Waals surface area contributed by atoms with Crippen LogP contribution in [0.3, 0.4) is 0 Å². The molecule has 112 valence electrons. The van der Waals surface area contributed by atoms with Crippen LogP contribution in [0.4, 0.5) is 5.69 Å². The number of rotatable bonds is 5. The Kier molecular flexibility index (Phi) is 4.41. The van der Waals surface area contributed by atoms with Crippen LogP contribution < -0.4 is 10.2 Å². The number of anilines is 1. The molecule has 0 saturated heterocycles. The fraction of sp³-hybridized carbons (Fsp3) is 0.467. The maximum Gasteiger partial charge on any atom is 0.152 e. The van der Waals surface area contributed by atoms with E-state index in [2.05, 4.69) is 44.0 Å². The van der Waals surface area contributed by atoms with E-state index in [9.17, 15) is 0 Å². The van der Waals surface area contributed by atoms with Crippen molar-refractivity contribution in [3.8, 4) is 0 Å². The van der Waals surface area contributed by atoms with Crippen molar-refractivity contribution >= 4 is 17.3 Å². The van der Waals surface area contributed by atoms with Gasteiger partial charge in [-0.15, -0.1) is 10.2 Å². The summed E-state index contributed by atoms with van der Waals surface area (Å²) >= 11 is 6.16. The summed E-state index contributed by atoms with van der Waals surface area (Å²) < 4.78 is 2.11. The predicted molar refractivity (Wildman–Crippen MR) is 84.5 cm³/mol. The molecule has 1 aromatic carbocycles. The van der Waals surface area contributed by atoms with Gasteiger partial charge in [-0.25, -0.2) is 0 Å². The van der Waals surface area contributed by atoms with Crippen LogP contribution in [-0.2, 0) is 19.6 Å². The summed E-state index contributed by atoms with van der Waals surface area (Å²) in [7, 11) is 0. The van der Waals surface area contributed by atoms with Crippen molar-refractivity contribution in [3.05, 3.63) is 40.9 Å². The molecule has 2 aromatic rings. The van der Waals surface area contributed by atoms with E-state index in [1.54, 1.807) is 6.33 Å². The molecule has 1 aromatic heterocycles. The highest BCUT2D eigenvalue weighted by molar-refractivity contribution is 6.30. The second-order valence-corrected chi connectivity index (χ2v) is 5.75. The Labute approximate surface area is 129 Å². The Morgan fingerprint density at radius 1 is 1.33 bits per heavy atom. The Morgan fingerprint density at radius 2 is 2.24 bits per heavy atom. The number of benzene rings is 1. The number of hydrogen-bond acceptors (Lipinski definition) is 4. The molecule has 0 radical (unpaired) electrons. The first-order chi connectivity index (χ1) is 10.3. The SMILES string of the molecule is CCCNCc1cc(Cl)ccc1N1CCn2cnnc2C1. The van der Waals surface area contributed by atoms with Gasteiger partial charge in [0.1, 0.15) is 6.33 Å². The molecule has 0 amide bonds. The molecule has 0 unspecified atom stereocenters. The zero-order valence-corrected chi connectivity index (χ0v) is 13.0. The summed E-state index contributed by atoms with van der Waals surface area (Å²) in [6, 6.07) is 6.12. The molecule has 0 spiro atoms. The monoisotopic (exact) mass is 305 g/mol. The summed E-state index contributed by atoms with van der Waals surface area (Å²) in [6.45, 7) is 6.71. The van der Waals surface area contributed by atoms with Crippen molar-refractivity contribution in [2.45, 2.75) is 33.0 Å². The molecule has 1 N–H and O–H groups in total. The second-order valence-electron chi connectivity index (χ2n) is 5.31. The lowest BCUT2D eigenvalue weighted by Gasteiger charge is -2.31. The molecular weight excluding hydrogens is 286 g/mol. The smallest absolute Gasteiger partial charge is 0.152 e. The van der Waals surface area contributed by atoms with Crippen LogP contribution in [0.2, 0.25) is 5.02 Å². The van der Waals surface area contributed by atoms with E-state index in [-0.39, 0.29) is 0 Å². The standard InChI is InChI=1S/C15H20ClN5/c1-2-5-17-9-12-8-13(16)3-4-14(12)20-6-7-21-11-18-19-15(21)10-20/h3-4,8,11,17H,2,5-7,9-10H2,1H3. The summed E-state index contributed by atoms with van der Waals surface area (Å²) in [5.74, 6) is 1.02. The van der Waals surface area contributed by atoms with Gasteiger partial charge in [0, 0.05) is 30.3 Å². The molecule has 5 nitrogen and oxygen atoms in total. The van der Waals surface area contributed by atoms with E-state index in [1.165, 1.54) is 11.3 Å². The first kappa shape index (κ1) is 14.4. The van der Waals surface area contributed by atoms with E-state index in [1.807, 2.05) is 6.07 Å². The van der Waals surface area contributed by atoms with Gasteiger partial charge in [-0.3, -0.25) is 0 Å². The van der Waals surface area contributed by atoms with Crippen LogP contribution in [0.15, 0.2) is 24.5 Å². The van der Waals surface area contributed by atoms with Crippen molar-refractivity contribution < 1.29 is 0 Å². The molecular formula is C15H20ClN5.